The highest BCUT2D eigenvalue weighted by Crippen LogP contribution is 2.20. The van der Waals surface area contributed by atoms with Gasteiger partial charge in [0.1, 0.15) is 17.7 Å². The lowest BCUT2D eigenvalue weighted by Crippen LogP contribution is -2.39. The van der Waals surface area contributed by atoms with E-state index in [1.165, 1.54) is 12.1 Å². The fraction of sp³-hybridized carbons (Fsp3) is 0.321. The van der Waals surface area contributed by atoms with Gasteiger partial charge in [-0.15, -0.1) is 0 Å². The summed E-state index contributed by atoms with van der Waals surface area (Å²) in [6.45, 7) is 2.28. The standard InChI is InChI=1S/C28H31FN2O4/c1-33-26-9-5-8-22(14-26)16-31(17-25(32)20-34-19-21-6-3-2-4-7-21)18-27-15-28(30-35-27)23-10-12-24(29)13-11-23/h2-14,25,27,32H,15-20H2,1H3/t25-,27-/m1/s1. The molecular weight excluding hydrogens is 447 g/mol. The van der Waals surface area contributed by atoms with Gasteiger partial charge in [0.25, 0.3) is 0 Å². The fourth-order valence-corrected chi connectivity index (χ4v) is 4.10. The molecule has 0 bridgehead atoms. The van der Waals surface area contributed by atoms with E-state index in [0.29, 0.717) is 32.7 Å². The molecule has 6 nitrogen and oxygen atoms in total. The Morgan fingerprint density at radius 2 is 1.83 bits per heavy atom. The number of benzene rings is 3. The number of hydrogen-bond donors (Lipinski definition) is 1. The molecule has 0 amide bonds. The largest absolute Gasteiger partial charge is 0.497 e. The second kappa shape index (κ2) is 12.4. The summed E-state index contributed by atoms with van der Waals surface area (Å²) in [5.74, 6) is 0.506. The maximum absolute atomic E-state index is 13.3. The van der Waals surface area contributed by atoms with E-state index in [1.807, 2.05) is 54.6 Å². The molecule has 1 N–H and O–H groups in total. The number of halogens is 1. The Labute approximate surface area is 205 Å². The normalized spacial score (nSPS) is 16.1. The molecule has 4 rings (SSSR count). The molecule has 35 heavy (non-hydrogen) atoms. The Morgan fingerprint density at radius 3 is 2.60 bits per heavy atom. The molecular formula is C28H31FN2O4. The number of ether oxygens (including phenoxy) is 2. The Bertz CT molecular complexity index is 1090. The van der Waals surface area contributed by atoms with Crippen LogP contribution in [0.5, 0.6) is 5.75 Å². The summed E-state index contributed by atoms with van der Waals surface area (Å²) in [5.41, 5.74) is 3.78. The van der Waals surface area contributed by atoms with Gasteiger partial charge in [-0.1, -0.05) is 59.8 Å². The predicted octanol–water partition coefficient (Wildman–Crippen LogP) is 4.41. The van der Waals surface area contributed by atoms with E-state index in [1.54, 1.807) is 19.2 Å². The molecule has 3 aromatic carbocycles. The number of aliphatic hydroxyl groups excluding tert-OH is 1. The third kappa shape index (κ3) is 7.62. The maximum Gasteiger partial charge on any atom is 0.145 e. The Morgan fingerprint density at radius 1 is 1.06 bits per heavy atom. The van der Waals surface area contributed by atoms with Gasteiger partial charge in [-0.25, -0.2) is 4.39 Å². The number of nitrogens with zero attached hydrogens (tertiary/aromatic N) is 2. The lowest BCUT2D eigenvalue weighted by molar-refractivity contribution is -0.00649. The number of aliphatic hydroxyl groups is 1. The highest BCUT2D eigenvalue weighted by Gasteiger charge is 2.26. The molecule has 3 aromatic rings. The van der Waals surface area contributed by atoms with Crippen LogP contribution in [-0.2, 0) is 22.7 Å². The van der Waals surface area contributed by atoms with Crippen molar-refractivity contribution in [3.05, 3.63) is 101 Å². The highest BCUT2D eigenvalue weighted by atomic mass is 19.1. The molecule has 184 valence electrons. The Balaban J connectivity index is 1.35. The van der Waals surface area contributed by atoms with E-state index in [4.69, 9.17) is 14.3 Å². The van der Waals surface area contributed by atoms with Gasteiger partial charge in [0.2, 0.25) is 0 Å². The van der Waals surface area contributed by atoms with Gasteiger partial charge < -0.3 is 19.4 Å². The van der Waals surface area contributed by atoms with Gasteiger partial charge in [0.15, 0.2) is 0 Å². The summed E-state index contributed by atoms with van der Waals surface area (Å²) in [6, 6.07) is 24.0. The molecule has 1 heterocycles. The molecule has 0 unspecified atom stereocenters. The molecule has 0 fully saturated rings. The summed E-state index contributed by atoms with van der Waals surface area (Å²) < 4.78 is 24.4. The first kappa shape index (κ1) is 24.9. The van der Waals surface area contributed by atoms with Crippen molar-refractivity contribution in [3.63, 3.8) is 0 Å². The van der Waals surface area contributed by atoms with Crippen molar-refractivity contribution in [3.8, 4) is 5.75 Å². The van der Waals surface area contributed by atoms with Crippen molar-refractivity contribution in [1.82, 2.24) is 4.90 Å². The average molecular weight is 479 g/mol. The summed E-state index contributed by atoms with van der Waals surface area (Å²) in [6.07, 6.45) is -0.220. The minimum absolute atomic E-state index is 0.168. The van der Waals surface area contributed by atoms with Crippen molar-refractivity contribution in [2.24, 2.45) is 5.16 Å². The third-order valence-corrected chi connectivity index (χ3v) is 5.80. The molecule has 0 aromatic heterocycles. The first-order chi connectivity index (χ1) is 17.1. The van der Waals surface area contributed by atoms with Crippen LogP contribution in [0.25, 0.3) is 0 Å². The zero-order valence-corrected chi connectivity index (χ0v) is 19.8. The van der Waals surface area contributed by atoms with E-state index in [9.17, 15) is 9.50 Å². The van der Waals surface area contributed by atoms with Crippen LogP contribution in [0.2, 0.25) is 0 Å². The van der Waals surface area contributed by atoms with Gasteiger partial charge >= 0.3 is 0 Å². The van der Waals surface area contributed by atoms with Crippen LogP contribution >= 0.6 is 0 Å². The first-order valence-corrected chi connectivity index (χ1v) is 11.7. The van der Waals surface area contributed by atoms with Crippen LogP contribution in [-0.4, -0.2) is 54.7 Å². The van der Waals surface area contributed by atoms with Crippen molar-refractivity contribution >= 4 is 5.71 Å². The summed E-state index contributed by atoms with van der Waals surface area (Å²) in [5, 5.41) is 14.9. The van der Waals surface area contributed by atoms with Crippen LogP contribution in [0.15, 0.2) is 84.0 Å². The number of rotatable bonds is 12. The molecule has 0 aliphatic carbocycles. The molecule has 1 aliphatic heterocycles. The summed E-state index contributed by atoms with van der Waals surface area (Å²) in [4.78, 5) is 7.84. The van der Waals surface area contributed by atoms with Crippen LogP contribution in [0.3, 0.4) is 0 Å². The molecule has 2 atom stereocenters. The number of hydrogen-bond acceptors (Lipinski definition) is 6. The zero-order chi connectivity index (χ0) is 24.5. The topological polar surface area (TPSA) is 63.5 Å². The quantitative estimate of drug-likeness (QED) is 0.418. The monoisotopic (exact) mass is 478 g/mol. The van der Waals surface area contributed by atoms with Crippen LogP contribution in [0, 0.1) is 5.82 Å². The predicted molar refractivity (Wildman–Crippen MR) is 133 cm³/mol. The molecule has 1 aliphatic rings. The fourth-order valence-electron chi connectivity index (χ4n) is 4.10. The van der Waals surface area contributed by atoms with Crippen LogP contribution < -0.4 is 4.74 Å². The smallest absolute Gasteiger partial charge is 0.145 e. The lowest BCUT2D eigenvalue weighted by atomic mass is 10.0. The van der Waals surface area contributed by atoms with Crippen LogP contribution in [0.4, 0.5) is 4.39 Å². The molecule has 7 heteroatoms. The molecule has 0 saturated heterocycles. The van der Waals surface area contributed by atoms with E-state index in [-0.39, 0.29) is 18.5 Å². The van der Waals surface area contributed by atoms with Crippen molar-refractivity contribution in [1.29, 1.82) is 0 Å². The van der Waals surface area contributed by atoms with E-state index < -0.39 is 6.10 Å². The van der Waals surface area contributed by atoms with Crippen LogP contribution in [0.1, 0.15) is 23.1 Å². The minimum atomic E-state index is -0.664. The average Bonchev–Trinajstić information content (AvgIpc) is 3.33. The second-order valence-electron chi connectivity index (χ2n) is 8.68. The van der Waals surface area contributed by atoms with Gasteiger partial charge in [-0.3, -0.25) is 4.90 Å². The molecule has 0 saturated carbocycles. The third-order valence-electron chi connectivity index (χ3n) is 5.80. The van der Waals surface area contributed by atoms with Gasteiger partial charge in [-0.2, -0.15) is 0 Å². The van der Waals surface area contributed by atoms with Crippen molar-refractivity contribution < 1.29 is 23.8 Å². The Kier molecular flexibility index (Phi) is 8.84. The number of oxime groups is 1. The Hall–Kier alpha value is -3.26. The first-order valence-electron chi connectivity index (χ1n) is 11.7. The zero-order valence-electron chi connectivity index (χ0n) is 19.8. The lowest BCUT2D eigenvalue weighted by Gasteiger charge is -2.27. The SMILES string of the molecule is COc1cccc(CN(C[C@@H](O)COCc2ccccc2)C[C@H]2CC(c3ccc(F)cc3)=NO2)c1. The van der Waals surface area contributed by atoms with Crippen molar-refractivity contribution in [2.45, 2.75) is 31.8 Å². The van der Waals surface area contributed by atoms with E-state index in [0.717, 1.165) is 28.2 Å². The van der Waals surface area contributed by atoms with Gasteiger partial charge in [-0.05, 0) is 41.0 Å². The minimum Gasteiger partial charge on any atom is -0.497 e. The summed E-state index contributed by atoms with van der Waals surface area (Å²) >= 11 is 0. The van der Waals surface area contributed by atoms with E-state index >= 15 is 0 Å². The maximum atomic E-state index is 13.3. The molecule has 0 spiro atoms. The van der Waals surface area contributed by atoms with E-state index in [2.05, 4.69) is 10.1 Å². The molecule has 0 radical (unpaired) electrons. The highest BCUT2D eigenvalue weighted by molar-refractivity contribution is 6.01. The van der Waals surface area contributed by atoms with Gasteiger partial charge in [0.05, 0.1) is 32.1 Å². The second-order valence-corrected chi connectivity index (χ2v) is 8.68. The number of methoxy groups -OCH3 is 1. The van der Waals surface area contributed by atoms with Gasteiger partial charge in [0, 0.05) is 26.1 Å². The summed E-state index contributed by atoms with van der Waals surface area (Å²) in [7, 11) is 1.64. The van der Waals surface area contributed by atoms with Crippen molar-refractivity contribution in [2.75, 3.05) is 26.8 Å².